The van der Waals surface area contributed by atoms with Crippen LogP contribution in [0.5, 0.6) is 11.5 Å². The molecule has 18 heavy (non-hydrogen) atoms. The van der Waals surface area contributed by atoms with Gasteiger partial charge in [-0.05, 0) is 12.1 Å². The summed E-state index contributed by atoms with van der Waals surface area (Å²) in [5.41, 5.74) is 6.79. The Labute approximate surface area is 107 Å². The molecule has 1 aliphatic rings. The van der Waals surface area contributed by atoms with E-state index in [0.29, 0.717) is 12.4 Å². The Bertz CT molecular complexity index is 527. The maximum absolute atomic E-state index is 11.3. The number of hydrogen-bond donors (Lipinski definition) is 1. The fourth-order valence-corrected chi connectivity index (χ4v) is 2.36. The zero-order valence-corrected chi connectivity index (χ0v) is 11.1. The van der Waals surface area contributed by atoms with Crippen LogP contribution in [-0.4, -0.2) is 33.1 Å². The van der Waals surface area contributed by atoms with Gasteiger partial charge >= 0.3 is 0 Å². The third-order valence-electron chi connectivity index (χ3n) is 2.91. The van der Waals surface area contributed by atoms with Crippen LogP contribution in [0.4, 0.5) is 0 Å². The molecular weight excluding hydrogens is 254 g/mol. The molecule has 1 heterocycles. The van der Waals surface area contributed by atoms with Crippen LogP contribution in [0, 0.1) is 0 Å². The largest absolute Gasteiger partial charge is 0.492 e. The number of fused-ring (bicyclic) bond motifs is 1. The van der Waals surface area contributed by atoms with E-state index in [1.54, 1.807) is 19.1 Å². The zero-order valence-electron chi connectivity index (χ0n) is 10.3. The van der Waals surface area contributed by atoms with Crippen molar-refractivity contribution in [2.45, 2.75) is 13.0 Å². The Morgan fingerprint density at radius 2 is 2.28 bits per heavy atom. The lowest BCUT2D eigenvalue weighted by atomic mass is 10.1. The third kappa shape index (κ3) is 2.94. The van der Waals surface area contributed by atoms with Crippen molar-refractivity contribution in [2.24, 2.45) is 5.73 Å². The van der Waals surface area contributed by atoms with E-state index in [-0.39, 0.29) is 24.2 Å². The monoisotopic (exact) mass is 271 g/mol. The third-order valence-corrected chi connectivity index (χ3v) is 4.57. The van der Waals surface area contributed by atoms with E-state index in [1.165, 1.54) is 0 Å². The molecule has 0 amide bonds. The summed E-state index contributed by atoms with van der Waals surface area (Å²) in [6, 6.07) is 5.30. The molecule has 1 atom stereocenters. The van der Waals surface area contributed by atoms with Gasteiger partial charge in [-0.2, -0.15) is 0 Å². The van der Waals surface area contributed by atoms with Crippen LogP contribution >= 0.6 is 0 Å². The summed E-state index contributed by atoms with van der Waals surface area (Å²) in [7, 11) is -2.99. The van der Waals surface area contributed by atoms with Crippen LogP contribution in [0.2, 0.25) is 0 Å². The Kier molecular flexibility index (Phi) is 3.77. The minimum Gasteiger partial charge on any atom is -0.492 e. The van der Waals surface area contributed by atoms with Gasteiger partial charge in [-0.1, -0.05) is 6.92 Å². The molecular formula is C12H17NO4S. The van der Waals surface area contributed by atoms with Crippen molar-refractivity contribution in [3.05, 3.63) is 23.8 Å². The van der Waals surface area contributed by atoms with Crippen molar-refractivity contribution in [2.75, 3.05) is 24.7 Å². The first-order chi connectivity index (χ1) is 8.52. The summed E-state index contributed by atoms with van der Waals surface area (Å²) < 4.78 is 33.4. The fraction of sp³-hybridized carbons (Fsp3) is 0.500. The Balaban J connectivity index is 1.96. The van der Waals surface area contributed by atoms with E-state index in [2.05, 4.69) is 0 Å². The van der Waals surface area contributed by atoms with E-state index in [9.17, 15) is 8.42 Å². The summed E-state index contributed by atoms with van der Waals surface area (Å²) in [5, 5.41) is 0. The van der Waals surface area contributed by atoms with E-state index in [4.69, 9.17) is 15.2 Å². The molecule has 0 spiro atoms. The topological polar surface area (TPSA) is 78.6 Å². The van der Waals surface area contributed by atoms with Gasteiger partial charge in [0.25, 0.3) is 0 Å². The molecule has 2 N–H and O–H groups in total. The van der Waals surface area contributed by atoms with Gasteiger partial charge < -0.3 is 15.2 Å². The molecule has 0 fully saturated rings. The van der Waals surface area contributed by atoms with Crippen molar-refractivity contribution in [1.29, 1.82) is 0 Å². The number of hydrogen-bond acceptors (Lipinski definition) is 5. The van der Waals surface area contributed by atoms with Gasteiger partial charge in [-0.15, -0.1) is 0 Å². The van der Waals surface area contributed by atoms with Crippen LogP contribution in [0.25, 0.3) is 0 Å². The smallest absolute Gasteiger partial charge is 0.153 e. The maximum atomic E-state index is 11.3. The van der Waals surface area contributed by atoms with Crippen LogP contribution in [0.3, 0.4) is 0 Å². The Morgan fingerprint density at radius 3 is 3.00 bits per heavy atom. The maximum Gasteiger partial charge on any atom is 0.153 e. The number of ether oxygens (including phenoxy) is 2. The van der Waals surface area contributed by atoms with Crippen LogP contribution in [0.15, 0.2) is 18.2 Å². The lowest BCUT2D eigenvalue weighted by Gasteiger charge is -2.08. The van der Waals surface area contributed by atoms with Crippen molar-refractivity contribution < 1.29 is 17.9 Å². The fourth-order valence-electron chi connectivity index (χ4n) is 1.74. The van der Waals surface area contributed by atoms with E-state index in [0.717, 1.165) is 11.3 Å². The van der Waals surface area contributed by atoms with Gasteiger partial charge in [-0.3, -0.25) is 0 Å². The van der Waals surface area contributed by atoms with E-state index >= 15 is 0 Å². The molecule has 0 radical (unpaired) electrons. The molecule has 1 unspecified atom stereocenters. The minimum absolute atomic E-state index is 0.0287. The van der Waals surface area contributed by atoms with Gasteiger partial charge in [0.1, 0.15) is 24.7 Å². The van der Waals surface area contributed by atoms with E-state index < -0.39 is 9.84 Å². The van der Waals surface area contributed by atoms with Gasteiger partial charge in [0.15, 0.2) is 9.84 Å². The van der Waals surface area contributed by atoms with Crippen molar-refractivity contribution >= 4 is 9.84 Å². The molecule has 1 aromatic rings. The first-order valence-electron chi connectivity index (χ1n) is 5.87. The molecule has 6 heteroatoms. The number of sulfone groups is 1. The predicted octanol–water partition coefficient (Wildman–Crippen LogP) is 0.892. The lowest BCUT2D eigenvalue weighted by Crippen LogP contribution is -2.15. The van der Waals surface area contributed by atoms with Gasteiger partial charge in [-0.25, -0.2) is 8.42 Å². The van der Waals surface area contributed by atoms with Gasteiger partial charge in [0.2, 0.25) is 0 Å². The molecule has 0 saturated heterocycles. The summed E-state index contributed by atoms with van der Waals surface area (Å²) in [5.74, 6) is 1.49. The van der Waals surface area contributed by atoms with E-state index in [1.807, 2.05) is 6.07 Å². The standard InChI is InChI=1S/C12H17NO4S/c1-2-18(14,15)6-5-16-9-3-4-10-11(13)8-17-12(10)7-9/h3-4,7,11H,2,5-6,8,13H2,1H3. The highest BCUT2D eigenvalue weighted by atomic mass is 32.2. The Hall–Kier alpha value is -1.27. The lowest BCUT2D eigenvalue weighted by molar-refractivity contribution is 0.323. The second-order valence-electron chi connectivity index (χ2n) is 4.20. The van der Waals surface area contributed by atoms with Crippen molar-refractivity contribution in [3.8, 4) is 11.5 Å². The summed E-state index contributed by atoms with van der Waals surface area (Å²) in [6.45, 7) is 2.25. The second kappa shape index (κ2) is 5.16. The summed E-state index contributed by atoms with van der Waals surface area (Å²) >= 11 is 0. The average Bonchev–Trinajstić information content (AvgIpc) is 2.71. The SMILES string of the molecule is CCS(=O)(=O)CCOc1ccc2c(c1)OCC2N. The Morgan fingerprint density at radius 1 is 1.50 bits per heavy atom. The number of benzene rings is 1. The van der Waals surface area contributed by atoms with Crippen molar-refractivity contribution in [3.63, 3.8) is 0 Å². The number of nitrogens with two attached hydrogens (primary N) is 1. The molecule has 5 nitrogen and oxygen atoms in total. The van der Waals surface area contributed by atoms with Gasteiger partial charge in [0.05, 0.1) is 11.8 Å². The predicted molar refractivity (Wildman–Crippen MR) is 68.7 cm³/mol. The molecule has 1 aliphatic heterocycles. The summed E-state index contributed by atoms with van der Waals surface area (Å²) in [6.07, 6.45) is 0. The molecule has 0 aliphatic carbocycles. The molecule has 0 bridgehead atoms. The molecule has 0 saturated carbocycles. The molecule has 0 aromatic heterocycles. The van der Waals surface area contributed by atoms with Crippen LogP contribution in [-0.2, 0) is 9.84 Å². The molecule has 100 valence electrons. The number of rotatable bonds is 5. The first-order valence-corrected chi connectivity index (χ1v) is 7.69. The second-order valence-corrected chi connectivity index (χ2v) is 6.67. The van der Waals surface area contributed by atoms with Crippen LogP contribution in [0.1, 0.15) is 18.5 Å². The summed E-state index contributed by atoms with van der Waals surface area (Å²) in [4.78, 5) is 0. The molecule has 2 rings (SSSR count). The minimum atomic E-state index is -2.99. The zero-order chi connectivity index (χ0) is 13.2. The average molecular weight is 271 g/mol. The van der Waals surface area contributed by atoms with Crippen LogP contribution < -0.4 is 15.2 Å². The quantitative estimate of drug-likeness (QED) is 0.860. The highest BCUT2D eigenvalue weighted by Gasteiger charge is 2.20. The molecule has 1 aromatic carbocycles. The first kappa shape index (κ1) is 13.2. The van der Waals surface area contributed by atoms with Crippen molar-refractivity contribution in [1.82, 2.24) is 0 Å². The van der Waals surface area contributed by atoms with Gasteiger partial charge in [0, 0.05) is 17.4 Å². The highest BCUT2D eigenvalue weighted by molar-refractivity contribution is 7.91. The highest BCUT2D eigenvalue weighted by Crippen LogP contribution is 2.33. The normalized spacial score (nSPS) is 18.2.